The Morgan fingerprint density at radius 2 is 2.20 bits per heavy atom. The summed E-state index contributed by atoms with van der Waals surface area (Å²) < 4.78 is 0. The van der Waals surface area contributed by atoms with E-state index in [1.807, 2.05) is 24.3 Å². The second-order valence-corrected chi connectivity index (χ2v) is 5.66. The van der Waals surface area contributed by atoms with Gasteiger partial charge < -0.3 is 10.6 Å². The molecule has 0 bridgehead atoms. The Morgan fingerprint density at radius 3 is 2.85 bits per heavy atom. The lowest BCUT2D eigenvalue weighted by Gasteiger charge is -2.10. The number of H-pyrrole nitrogens is 1. The zero-order valence-corrected chi connectivity index (χ0v) is 11.6. The van der Waals surface area contributed by atoms with Gasteiger partial charge in [0.05, 0.1) is 5.92 Å². The molecule has 1 aromatic heterocycles. The number of anilines is 1. The number of nitrogens with zero attached hydrogens (tertiary/aromatic N) is 2. The van der Waals surface area contributed by atoms with Gasteiger partial charge in [0.2, 0.25) is 5.91 Å². The Kier molecular flexibility index (Phi) is 3.98. The van der Waals surface area contributed by atoms with Crippen molar-refractivity contribution in [2.75, 3.05) is 18.4 Å². The van der Waals surface area contributed by atoms with E-state index in [-0.39, 0.29) is 11.8 Å². The van der Waals surface area contributed by atoms with Crippen LogP contribution in [-0.2, 0) is 4.79 Å². The summed E-state index contributed by atoms with van der Waals surface area (Å²) in [5, 5.41) is 13.5. The molecule has 2 heterocycles. The first-order chi connectivity index (χ1) is 9.81. The third-order valence-corrected chi connectivity index (χ3v) is 4.06. The van der Waals surface area contributed by atoms with Crippen LogP contribution in [0.1, 0.15) is 6.42 Å². The van der Waals surface area contributed by atoms with Gasteiger partial charge in [-0.05, 0) is 37.2 Å². The molecule has 1 aliphatic rings. The van der Waals surface area contributed by atoms with E-state index < -0.39 is 0 Å². The minimum absolute atomic E-state index is 0.0817. The maximum atomic E-state index is 12.0. The molecule has 1 unspecified atom stereocenters. The highest BCUT2D eigenvalue weighted by Crippen LogP contribution is 2.25. The summed E-state index contributed by atoms with van der Waals surface area (Å²) in [7, 11) is 0. The number of amides is 1. The molecule has 0 spiro atoms. The van der Waals surface area contributed by atoms with Crippen molar-refractivity contribution in [1.82, 2.24) is 20.5 Å². The Balaban J connectivity index is 1.59. The number of hydrogen-bond donors (Lipinski definition) is 3. The van der Waals surface area contributed by atoms with Gasteiger partial charge in [0.15, 0.2) is 5.16 Å². The summed E-state index contributed by atoms with van der Waals surface area (Å²) in [5.41, 5.74) is 0.823. The van der Waals surface area contributed by atoms with Gasteiger partial charge in [0.25, 0.3) is 0 Å². The normalized spacial score (nSPS) is 18.1. The fraction of sp³-hybridized carbons (Fsp3) is 0.308. The Hall–Kier alpha value is -1.86. The summed E-state index contributed by atoms with van der Waals surface area (Å²) in [6.45, 7) is 1.69. The molecule has 6 nitrogen and oxygen atoms in total. The van der Waals surface area contributed by atoms with E-state index in [4.69, 9.17) is 0 Å². The molecular formula is C13H15N5OS. The first-order valence-electron chi connectivity index (χ1n) is 6.46. The molecular weight excluding hydrogens is 274 g/mol. The molecule has 7 heteroatoms. The zero-order valence-electron chi connectivity index (χ0n) is 10.8. The number of aromatic amines is 1. The molecule has 1 amide bonds. The Labute approximate surface area is 120 Å². The van der Waals surface area contributed by atoms with Crippen molar-refractivity contribution >= 4 is 23.4 Å². The predicted molar refractivity (Wildman–Crippen MR) is 76.6 cm³/mol. The van der Waals surface area contributed by atoms with Crippen molar-refractivity contribution < 1.29 is 4.79 Å². The molecule has 2 aromatic rings. The fourth-order valence-corrected chi connectivity index (χ4v) is 2.78. The van der Waals surface area contributed by atoms with Crippen LogP contribution >= 0.6 is 11.8 Å². The van der Waals surface area contributed by atoms with Crippen LogP contribution in [0.4, 0.5) is 5.69 Å². The van der Waals surface area contributed by atoms with Crippen LogP contribution in [0.15, 0.2) is 40.6 Å². The Bertz CT molecular complexity index is 563. The molecule has 0 aliphatic carbocycles. The lowest BCUT2D eigenvalue weighted by molar-refractivity contribution is -0.119. The van der Waals surface area contributed by atoms with E-state index >= 15 is 0 Å². The van der Waals surface area contributed by atoms with Gasteiger partial charge >= 0.3 is 0 Å². The van der Waals surface area contributed by atoms with E-state index in [1.54, 1.807) is 0 Å². The van der Waals surface area contributed by atoms with Crippen LogP contribution < -0.4 is 10.6 Å². The van der Waals surface area contributed by atoms with Gasteiger partial charge in [-0.2, -0.15) is 5.10 Å². The van der Waals surface area contributed by atoms with Crippen LogP contribution in [0, 0.1) is 5.92 Å². The standard InChI is InChI=1S/C13H15N5OS/c19-12(9-5-6-14-7-9)17-10-1-3-11(4-2-10)20-13-15-8-16-18-13/h1-4,8-9,14H,5-7H2,(H,17,19)(H,15,16,18). The molecule has 1 atom stereocenters. The van der Waals surface area contributed by atoms with Gasteiger partial charge in [-0.1, -0.05) is 11.8 Å². The predicted octanol–water partition coefficient (Wildman–Crippen LogP) is 1.50. The van der Waals surface area contributed by atoms with Crippen LogP contribution in [0.5, 0.6) is 0 Å². The van der Waals surface area contributed by atoms with Crippen molar-refractivity contribution in [2.45, 2.75) is 16.5 Å². The minimum Gasteiger partial charge on any atom is -0.326 e. The lowest BCUT2D eigenvalue weighted by atomic mass is 10.1. The summed E-state index contributed by atoms with van der Waals surface area (Å²) in [5.74, 6) is 0.170. The maximum Gasteiger partial charge on any atom is 0.228 e. The van der Waals surface area contributed by atoms with Crippen molar-refractivity contribution in [3.63, 3.8) is 0 Å². The topological polar surface area (TPSA) is 82.7 Å². The fourth-order valence-electron chi connectivity index (χ4n) is 2.08. The molecule has 1 saturated heterocycles. The molecule has 0 radical (unpaired) electrons. The molecule has 104 valence electrons. The highest BCUT2D eigenvalue weighted by molar-refractivity contribution is 7.99. The zero-order chi connectivity index (χ0) is 13.8. The van der Waals surface area contributed by atoms with Crippen LogP contribution in [0.3, 0.4) is 0 Å². The number of benzene rings is 1. The van der Waals surface area contributed by atoms with Crippen molar-refractivity contribution in [1.29, 1.82) is 0 Å². The number of aromatic nitrogens is 3. The van der Waals surface area contributed by atoms with E-state index in [1.165, 1.54) is 18.1 Å². The molecule has 0 saturated carbocycles. The summed E-state index contributed by atoms with van der Waals surface area (Å²) in [4.78, 5) is 17.1. The molecule has 20 heavy (non-hydrogen) atoms. The number of carbonyl (C=O) groups is 1. The third-order valence-electron chi connectivity index (χ3n) is 3.16. The minimum atomic E-state index is 0.0817. The van der Waals surface area contributed by atoms with Crippen molar-refractivity contribution in [3.8, 4) is 0 Å². The Morgan fingerprint density at radius 1 is 1.35 bits per heavy atom. The summed E-state index contributed by atoms with van der Waals surface area (Å²) in [6.07, 6.45) is 2.39. The smallest absolute Gasteiger partial charge is 0.228 e. The van der Waals surface area contributed by atoms with Gasteiger partial charge in [0, 0.05) is 17.1 Å². The van der Waals surface area contributed by atoms with E-state index in [0.29, 0.717) is 0 Å². The number of carbonyl (C=O) groups excluding carboxylic acids is 1. The molecule has 3 N–H and O–H groups in total. The molecule has 1 aromatic carbocycles. The largest absolute Gasteiger partial charge is 0.326 e. The van der Waals surface area contributed by atoms with Gasteiger partial charge in [-0.25, -0.2) is 4.98 Å². The maximum absolute atomic E-state index is 12.0. The molecule has 3 rings (SSSR count). The van der Waals surface area contributed by atoms with Crippen molar-refractivity contribution in [2.24, 2.45) is 5.92 Å². The van der Waals surface area contributed by atoms with Crippen LogP contribution in [0.2, 0.25) is 0 Å². The monoisotopic (exact) mass is 289 g/mol. The van der Waals surface area contributed by atoms with Crippen molar-refractivity contribution in [3.05, 3.63) is 30.6 Å². The second kappa shape index (κ2) is 6.06. The average Bonchev–Trinajstić information content (AvgIpc) is 3.13. The molecule has 1 fully saturated rings. The second-order valence-electron chi connectivity index (χ2n) is 4.60. The quantitative estimate of drug-likeness (QED) is 0.794. The van der Waals surface area contributed by atoms with Gasteiger partial charge in [-0.3, -0.25) is 9.89 Å². The van der Waals surface area contributed by atoms with Gasteiger partial charge in [0.1, 0.15) is 6.33 Å². The third kappa shape index (κ3) is 3.17. The first-order valence-corrected chi connectivity index (χ1v) is 7.28. The first kappa shape index (κ1) is 13.1. The van der Waals surface area contributed by atoms with Gasteiger partial charge in [-0.15, -0.1) is 0 Å². The number of rotatable bonds is 4. The van der Waals surface area contributed by atoms with E-state index in [0.717, 1.165) is 35.2 Å². The molecule has 1 aliphatic heterocycles. The average molecular weight is 289 g/mol. The SMILES string of the molecule is O=C(Nc1ccc(Sc2ncn[nH]2)cc1)C1CCNC1. The van der Waals surface area contributed by atoms with Crippen LogP contribution in [-0.4, -0.2) is 34.2 Å². The highest BCUT2D eigenvalue weighted by Gasteiger charge is 2.22. The van der Waals surface area contributed by atoms with E-state index in [9.17, 15) is 4.79 Å². The summed E-state index contributed by atoms with van der Waals surface area (Å²) in [6, 6.07) is 7.71. The highest BCUT2D eigenvalue weighted by atomic mass is 32.2. The van der Waals surface area contributed by atoms with Crippen LogP contribution in [0.25, 0.3) is 0 Å². The van der Waals surface area contributed by atoms with E-state index in [2.05, 4.69) is 25.8 Å². The summed E-state index contributed by atoms with van der Waals surface area (Å²) >= 11 is 1.50. The lowest BCUT2D eigenvalue weighted by Crippen LogP contribution is -2.24. The number of nitrogens with one attached hydrogen (secondary N) is 3. The number of hydrogen-bond acceptors (Lipinski definition) is 5.